The highest BCUT2D eigenvalue weighted by atomic mass is 15.2. The van der Waals surface area contributed by atoms with Gasteiger partial charge in [-0.2, -0.15) is 0 Å². The Morgan fingerprint density at radius 3 is 2.12 bits per heavy atom. The monoisotopic (exact) mass is 232 g/mol. The summed E-state index contributed by atoms with van der Waals surface area (Å²) in [5, 5.41) is 0. The van der Waals surface area contributed by atoms with Gasteiger partial charge in [-0.1, -0.05) is 0 Å². The lowest BCUT2D eigenvalue weighted by atomic mass is 10.3. The fourth-order valence-electron chi connectivity index (χ4n) is 2.10. The van der Waals surface area contributed by atoms with Crippen LogP contribution in [-0.2, 0) is 6.54 Å². The number of rotatable bonds is 6. The van der Waals surface area contributed by atoms with Gasteiger partial charge >= 0.3 is 0 Å². The van der Waals surface area contributed by atoms with E-state index in [0.717, 1.165) is 36.4 Å². The topological polar surface area (TPSA) is 55.0 Å². The van der Waals surface area contributed by atoms with Crippen molar-refractivity contribution in [2.75, 3.05) is 18.0 Å². The Kier molecular flexibility index (Phi) is 2.97. The third-order valence-electron chi connectivity index (χ3n) is 3.58. The van der Waals surface area contributed by atoms with Gasteiger partial charge in [0, 0.05) is 19.6 Å². The molecule has 0 unspecified atom stereocenters. The van der Waals surface area contributed by atoms with E-state index >= 15 is 0 Å². The zero-order chi connectivity index (χ0) is 11.7. The second kappa shape index (κ2) is 4.61. The molecule has 0 aliphatic heterocycles. The van der Waals surface area contributed by atoms with E-state index in [4.69, 9.17) is 5.73 Å². The van der Waals surface area contributed by atoms with E-state index in [1.807, 2.05) is 12.4 Å². The van der Waals surface area contributed by atoms with Crippen molar-refractivity contribution in [3.63, 3.8) is 0 Å². The van der Waals surface area contributed by atoms with Crippen molar-refractivity contribution < 1.29 is 0 Å². The maximum Gasteiger partial charge on any atom is 0.147 e. The van der Waals surface area contributed by atoms with Gasteiger partial charge in [0.1, 0.15) is 5.82 Å². The van der Waals surface area contributed by atoms with E-state index in [1.54, 1.807) is 0 Å². The number of nitrogens with zero attached hydrogens (tertiary/aromatic N) is 3. The molecule has 0 atom stereocenters. The Labute approximate surface area is 102 Å². The molecule has 1 aromatic rings. The maximum atomic E-state index is 5.54. The predicted molar refractivity (Wildman–Crippen MR) is 67.6 cm³/mol. The molecule has 2 aliphatic carbocycles. The summed E-state index contributed by atoms with van der Waals surface area (Å²) in [6.45, 7) is 2.79. The Morgan fingerprint density at radius 1 is 1.06 bits per heavy atom. The van der Waals surface area contributed by atoms with Crippen molar-refractivity contribution in [2.24, 2.45) is 17.6 Å². The minimum Gasteiger partial charge on any atom is -0.355 e. The predicted octanol–water partition coefficient (Wildman–Crippen LogP) is 1.56. The molecule has 1 heterocycles. The van der Waals surface area contributed by atoms with E-state index in [2.05, 4.69) is 14.9 Å². The molecule has 92 valence electrons. The van der Waals surface area contributed by atoms with Crippen molar-refractivity contribution in [1.82, 2.24) is 9.97 Å². The first kappa shape index (κ1) is 11.0. The van der Waals surface area contributed by atoms with Crippen LogP contribution in [0.25, 0.3) is 0 Å². The molecule has 4 nitrogen and oxygen atoms in total. The molecular formula is C13H20N4. The SMILES string of the molecule is NCc1cnc(N(CC2CC2)CC2CC2)cn1. The zero-order valence-corrected chi connectivity index (χ0v) is 10.2. The summed E-state index contributed by atoms with van der Waals surface area (Å²) >= 11 is 0. The van der Waals surface area contributed by atoms with Crippen molar-refractivity contribution in [1.29, 1.82) is 0 Å². The van der Waals surface area contributed by atoms with Crippen LogP contribution in [0.5, 0.6) is 0 Å². The standard InChI is InChI=1S/C13H20N4/c14-5-12-6-16-13(7-15-12)17(8-10-1-2-10)9-11-3-4-11/h6-7,10-11H,1-5,8-9,14H2. The first-order valence-electron chi connectivity index (χ1n) is 6.61. The van der Waals surface area contributed by atoms with Crippen molar-refractivity contribution in [2.45, 2.75) is 32.2 Å². The lowest BCUT2D eigenvalue weighted by Gasteiger charge is -2.23. The summed E-state index contributed by atoms with van der Waals surface area (Å²) in [7, 11) is 0. The highest BCUT2D eigenvalue weighted by Gasteiger charge is 2.29. The van der Waals surface area contributed by atoms with Gasteiger partial charge < -0.3 is 10.6 Å². The Hall–Kier alpha value is -1.16. The van der Waals surface area contributed by atoms with E-state index in [1.165, 1.54) is 25.7 Å². The summed E-state index contributed by atoms with van der Waals surface area (Å²) in [5.41, 5.74) is 6.41. The van der Waals surface area contributed by atoms with E-state index < -0.39 is 0 Å². The van der Waals surface area contributed by atoms with Gasteiger partial charge in [0.15, 0.2) is 0 Å². The van der Waals surface area contributed by atoms with Crippen LogP contribution in [0.1, 0.15) is 31.4 Å². The summed E-state index contributed by atoms with van der Waals surface area (Å²) in [5.74, 6) is 2.82. The number of hydrogen-bond acceptors (Lipinski definition) is 4. The average molecular weight is 232 g/mol. The highest BCUT2D eigenvalue weighted by Crippen LogP contribution is 2.35. The van der Waals surface area contributed by atoms with Crippen molar-refractivity contribution in [3.05, 3.63) is 18.1 Å². The molecule has 0 radical (unpaired) electrons. The second-order valence-electron chi connectivity index (χ2n) is 5.36. The van der Waals surface area contributed by atoms with Crippen LogP contribution in [0.2, 0.25) is 0 Å². The number of anilines is 1. The van der Waals surface area contributed by atoms with Gasteiger partial charge in [0.2, 0.25) is 0 Å². The molecule has 0 bridgehead atoms. The molecule has 0 saturated heterocycles. The fourth-order valence-corrected chi connectivity index (χ4v) is 2.10. The quantitative estimate of drug-likeness (QED) is 0.808. The Morgan fingerprint density at radius 2 is 1.71 bits per heavy atom. The molecule has 2 N–H and O–H groups in total. The van der Waals surface area contributed by atoms with Crippen LogP contribution in [0, 0.1) is 11.8 Å². The maximum absolute atomic E-state index is 5.54. The van der Waals surface area contributed by atoms with E-state index in [-0.39, 0.29) is 0 Å². The van der Waals surface area contributed by atoms with Crippen LogP contribution in [-0.4, -0.2) is 23.1 Å². The van der Waals surface area contributed by atoms with Crippen molar-refractivity contribution in [3.8, 4) is 0 Å². The zero-order valence-electron chi connectivity index (χ0n) is 10.2. The van der Waals surface area contributed by atoms with Crippen LogP contribution < -0.4 is 10.6 Å². The largest absolute Gasteiger partial charge is 0.355 e. The number of hydrogen-bond donors (Lipinski definition) is 1. The normalized spacial score (nSPS) is 19.4. The molecule has 2 saturated carbocycles. The first-order chi connectivity index (χ1) is 8.35. The summed E-state index contributed by atoms with van der Waals surface area (Å²) in [6, 6.07) is 0. The minimum absolute atomic E-state index is 0.471. The minimum atomic E-state index is 0.471. The van der Waals surface area contributed by atoms with Gasteiger partial charge in [0.05, 0.1) is 18.1 Å². The van der Waals surface area contributed by atoms with Crippen LogP contribution in [0.4, 0.5) is 5.82 Å². The molecular weight excluding hydrogens is 212 g/mol. The average Bonchev–Trinajstić information content (AvgIpc) is 3.23. The number of nitrogens with two attached hydrogens (primary N) is 1. The Balaban J connectivity index is 1.69. The molecule has 0 amide bonds. The van der Waals surface area contributed by atoms with Gasteiger partial charge in [-0.3, -0.25) is 4.98 Å². The molecule has 2 fully saturated rings. The summed E-state index contributed by atoms with van der Waals surface area (Å²) in [6.07, 6.45) is 9.23. The third-order valence-corrected chi connectivity index (χ3v) is 3.58. The van der Waals surface area contributed by atoms with Gasteiger partial charge in [0.25, 0.3) is 0 Å². The molecule has 4 heteroatoms. The lowest BCUT2D eigenvalue weighted by molar-refractivity contribution is 0.669. The second-order valence-corrected chi connectivity index (χ2v) is 5.36. The van der Waals surface area contributed by atoms with Gasteiger partial charge in [-0.25, -0.2) is 4.98 Å². The van der Waals surface area contributed by atoms with Gasteiger partial charge in [-0.05, 0) is 37.5 Å². The molecule has 17 heavy (non-hydrogen) atoms. The smallest absolute Gasteiger partial charge is 0.147 e. The van der Waals surface area contributed by atoms with Crippen LogP contribution in [0.15, 0.2) is 12.4 Å². The molecule has 0 spiro atoms. The molecule has 0 aromatic carbocycles. The molecule has 3 rings (SSSR count). The fraction of sp³-hybridized carbons (Fsp3) is 0.692. The first-order valence-corrected chi connectivity index (χ1v) is 6.61. The summed E-state index contributed by atoms with van der Waals surface area (Å²) in [4.78, 5) is 11.3. The lowest BCUT2D eigenvalue weighted by Crippen LogP contribution is -2.29. The highest BCUT2D eigenvalue weighted by molar-refractivity contribution is 5.36. The van der Waals surface area contributed by atoms with E-state index in [0.29, 0.717) is 6.54 Å². The Bertz CT molecular complexity index is 354. The molecule has 2 aliphatic rings. The molecule has 1 aromatic heterocycles. The van der Waals surface area contributed by atoms with Crippen LogP contribution >= 0.6 is 0 Å². The third kappa shape index (κ3) is 2.94. The van der Waals surface area contributed by atoms with Gasteiger partial charge in [-0.15, -0.1) is 0 Å². The van der Waals surface area contributed by atoms with E-state index in [9.17, 15) is 0 Å². The number of aromatic nitrogens is 2. The van der Waals surface area contributed by atoms with Crippen LogP contribution in [0.3, 0.4) is 0 Å². The van der Waals surface area contributed by atoms with Crippen molar-refractivity contribution >= 4 is 5.82 Å². The summed E-state index contributed by atoms with van der Waals surface area (Å²) < 4.78 is 0.